The second-order valence-corrected chi connectivity index (χ2v) is 11.1. The highest BCUT2D eigenvalue weighted by molar-refractivity contribution is 7.92. The van der Waals surface area contributed by atoms with Gasteiger partial charge in [-0.15, -0.1) is 0 Å². The monoisotopic (exact) mass is 485 g/mol. The quantitative estimate of drug-likeness (QED) is 0.589. The van der Waals surface area contributed by atoms with Gasteiger partial charge in [0.15, 0.2) is 0 Å². The van der Waals surface area contributed by atoms with E-state index in [-0.39, 0.29) is 25.0 Å². The van der Waals surface area contributed by atoms with E-state index in [4.69, 9.17) is 0 Å². The average molecular weight is 486 g/mol. The molecule has 1 N–H and O–H groups in total. The summed E-state index contributed by atoms with van der Waals surface area (Å²) in [5.74, 6) is -0.641. The van der Waals surface area contributed by atoms with Gasteiger partial charge in [-0.25, -0.2) is 8.42 Å². The van der Waals surface area contributed by atoms with Gasteiger partial charge in [0, 0.05) is 12.6 Å². The normalized spacial score (nSPS) is 15.1. The van der Waals surface area contributed by atoms with Crippen LogP contribution in [-0.2, 0) is 26.2 Å². The Hall–Kier alpha value is -2.87. The first-order valence-electron chi connectivity index (χ1n) is 11.7. The lowest BCUT2D eigenvalue weighted by molar-refractivity contribution is -0.139. The molecule has 2 aromatic rings. The minimum absolute atomic E-state index is 0.130. The third-order valence-electron chi connectivity index (χ3n) is 6.41. The molecule has 3 rings (SSSR count). The highest BCUT2D eigenvalue weighted by atomic mass is 32.2. The van der Waals surface area contributed by atoms with Crippen molar-refractivity contribution in [3.63, 3.8) is 0 Å². The number of amides is 2. The second-order valence-electron chi connectivity index (χ2n) is 9.23. The van der Waals surface area contributed by atoms with Crippen LogP contribution < -0.4 is 9.62 Å². The molecule has 1 aliphatic carbocycles. The molecule has 184 valence electrons. The highest BCUT2D eigenvalue weighted by Crippen LogP contribution is 2.23. The molecule has 0 aliphatic heterocycles. The Labute approximate surface area is 203 Å². The van der Waals surface area contributed by atoms with Crippen LogP contribution in [-0.4, -0.2) is 50.0 Å². The van der Waals surface area contributed by atoms with E-state index in [1.165, 1.54) is 4.90 Å². The standard InChI is InChI=1S/C26H35N3O4S/c1-19-13-15-22(16-14-19)17-28(21(3)26(31)27-23-10-6-7-11-23)25(30)18-29(34(4,32)33)24-12-8-5-9-20(24)2/h5,8-9,12-16,21,23H,6-7,10-11,17-18H2,1-4H3,(H,27,31). The summed E-state index contributed by atoms with van der Waals surface area (Å²) in [6.45, 7) is 5.32. The van der Waals surface area contributed by atoms with Crippen LogP contribution in [0, 0.1) is 13.8 Å². The number of benzene rings is 2. The molecule has 0 spiro atoms. The van der Waals surface area contributed by atoms with Gasteiger partial charge < -0.3 is 10.2 Å². The van der Waals surface area contributed by atoms with Crippen molar-refractivity contribution < 1.29 is 18.0 Å². The van der Waals surface area contributed by atoms with Gasteiger partial charge in [0.1, 0.15) is 12.6 Å². The zero-order chi connectivity index (χ0) is 24.9. The number of rotatable bonds is 9. The molecule has 7 nitrogen and oxygen atoms in total. The third-order valence-corrected chi connectivity index (χ3v) is 7.53. The molecule has 2 aromatic carbocycles. The molecule has 0 heterocycles. The van der Waals surface area contributed by atoms with Gasteiger partial charge in [0.05, 0.1) is 11.9 Å². The number of para-hydroxylation sites is 1. The molecule has 1 fully saturated rings. The largest absolute Gasteiger partial charge is 0.352 e. The zero-order valence-electron chi connectivity index (χ0n) is 20.5. The fraction of sp³-hybridized carbons (Fsp3) is 0.462. The molecule has 0 radical (unpaired) electrons. The lowest BCUT2D eigenvalue weighted by Crippen LogP contribution is -2.52. The Balaban J connectivity index is 1.88. The summed E-state index contributed by atoms with van der Waals surface area (Å²) in [5.41, 5.74) is 3.17. The van der Waals surface area contributed by atoms with E-state index in [1.54, 1.807) is 32.0 Å². The SMILES string of the molecule is Cc1ccc(CN(C(=O)CN(c2ccccc2C)S(C)(=O)=O)C(C)C(=O)NC2CCCC2)cc1. The molecule has 8 heteroatoms. The molecule has 0 saturated heterocycles. The minimum atomic E-state index is -3.73. The number of carbonyl (C=O) groups is 2. The number of hydrogen-bond donors (Lipinski definition) is 1. The first-order chi connectivity index (χ1) is 16.1. The second kappa shape index (κ2) is 11.0. The lowest BCUT2D eigenvalue weighted by Gasteiger charge is -2.32. The average Bonchev–Trinajstić information content (AvgIpc) is 3.29. The first kappa shape index (κ1) is 25.7. The number of hydrogen-bond acceptors (Lipinski definition) is 4. The predicted octanol–water partition coefficient (Wildman–Crippen LogP) is 3.55. The van der Waals surface area contributed by atoms with E-state index in [2.05, 4.69) is 5.32 Å². The molecule has 34 heavy (non-hydrogen) atoms. The van der Waals surface area contributed by atoms with Gasteiger partial charge in [-0.1, -0.05) is 60.9 Å². The van der Waals surface area contributed by atoms with Crippen molar-refractivity contribution in [3.8, 4) is 0 Å². The molecule has 0 bridgehead atoms. The van der Waals surface area contributed by atoms with Crippen LogP contribution in [0.1, 0.15) is 49.3 Å². The van der Waals surface area contributed by atoms with E-state index in [1.807, 2.05) is 37.3 Å². The van der Waals surface area contributed by atoms with Crippen LogP contribution in [0.15, 0.2) is 48.5 Å². The molecule has 1 unspecified atom stereocenters. The Bertz CT molecular complexity index is 1110. The summed E-state index contributed by atoms with van der Waals surface area (Å²) < 4.78 is 26.4. The maximum absolute atomic E-state index is 13.6. The fourth-order valence-corrected chi connectivity index (χ4v) is 5.21. The van der Waals surface area contributed by atoms with Crippen molar-refractivity contribution in [2.75, 3.05) is 17.1 Å². The molecular weight excluding hydrogens is 450 g/mol. The molecule has 1 saturated carbocycles. The Kier molecular flexibility index (Phi) is 8.36. The van der Waals surface area contributed by atoms with Crippen LogP contribution in [0.25, 0.3) is 0 Å². The van der Waals surface area contributed by atoms with Gasteiger partial charge in [0.25, 0.3) is 0 Å². The van der Waals surface area contributed by atoms with E-state index >= 15 is 0 Å². The van der Waals surface area contributed by atoms with Crippen LogP contribution >= 0.6 is 0 Å². The van der Waals surface area contributed by atoms with E-state index in [0.717, 1.165) is 52.9 Å². The number of aryl methyl sites for hydroxylation is 2. The molecule has 1 atom stereocenters. The van der Waals surface area contributed by atoms with Gasteiger partial charge in [-0.3, -0.25) is 13.9 Å². The number of sulfonamides is 1. The summed E-state index contributed by atoms with van der Waals surface area (Å²) in [6.07, 6.45) is 5.16. The lowest BCUT2D eigenvalue weighted by atomic mass is 10.1. The van der Waals surface area contributed by atoms with Crippen molar-refractivity contribution >= 4 is 27.5 Å². The van der Waals surface area contributed by atoms with Crippen LogP contribution in [0.5, 0.6) is 0 Å². The van der Waals surface area contributed by atoms with Gasteiger partial charge in [-0.2, -0.15) is 0 Å². The van der Waals surface area contributed by atoms with Crippen molar-refractivity contribution in [3.05, 3.63) is 65.2 Å². The molecule has 2 amide bonds. The topological polar surface area (TPSA) is 86.8 Å². The van der Waals surface area contributed by atoms with Gasteiger partial charge in [0.2, 0.25) is 21.8 Å². The Morgan fingerprint density at radius 1 is 1.03 bits per heavy atom. The van der Waals surface area contributed by atoms with Crippen molar-refractivity contribution in [1.82, 2.24) is 10.2 Å². The molecule has 1 aliphatic rings. The molecular formula is C26H35N3O4S. The number of anilines is 1. The highest BCUT2D eigenvalue weighted by Gasteiger charge is 2.31. The number of carbonyl (C=O) groups excluding carboxylic acids is 2. The van der Waals surface area contributed by atoms with Crippen molar-refractivity contribution in [2.24, 2.45) is 0 Å². The van der Waals surface area contributed by atoms with Gasteiger partial charge in [-0.05, 0) is 50.8 Å². The van der Waals surface area contributed by atoms with Crippen LogP contribution in [0.3, 0.4) is 0 Å². The predicted molar refractivity (Wildman–Crippen MR) is 135 cm³/mol. The summed E-state index contributed by atoms with van der Waals surface area (Å²) in [6, 6.07) is 14.2. The first-order valence-corrected chi connectivity index (χ1v) is 13.6. The fourth-order valence-electron chi connectivity index (χ4n) is 4.30. The maximum atomic E-state index is 13.6. The summed E-state index contributed by atoms with van der Waals surface area (Å²) in [5, 5.41) is 3.07. The van der Waals surface area contributed by atoms with E-state index < -0.39 is 22.0 Å². The summed E-state index contributed by atoms with van der Waals surface area (Å²) >= 11 is 0. The summed E-state index contributed by atoms with van der Waals surface area (Å²) in [4.78, 5) is 28.1. The summed E-state index contributed by atoms with van der Waals surface area (Å²) in [7, 11) is -3.73. The van der Waals surface area contributed by atoms with Crippen molar-refractivity contribution in [1.29, 1.82) is 0 Å². The number of nitrogens with zero attached hydrogens (tertiary/aromatic N) is 2. The van der Waals surface area contributed by atoms with Crippen LogP contribution in [0.2, 0.25) is 0 Å². The van der Waals surface area contributed by atoms with Gasteiger partial charge >= 0.3 is 0 Å². The molecule has 0 aromatic heterocycles. The van der Waals surface area contributed by atoms with E-state index in [0.29, 0.717) is 5.69 Å². The Morgan fingerprint density at radius 2 is 1.65 bits per heavy atom. The third kappa shape index (κ3) is 6.59. The minimum Gasteiger partial charge on any atom is -0.352 e. The Morgan fingerprint density at radius 3 is 2.24 bits per heavy atom. The smallest absolute Gasteiger partial charge is 0.244 e. The zero-order valence-corrected chi connectivity index (χ0v) is 21.3. The maximum Gasteiger partial charge on any atom is 0.244 e. The van der Waals surface area contributed by atoms with Crippen LogP contribution in [0.4, 0.5) is 5.69 Å². The number of nitrogens with one attached hydrogen (secondary N) is 1. The van der Waals surface area contributed by atoms with E-state index in [9.17, 15) is 18.0 Å². The van der Waals surface area contributed by atoms with Crippen molar-refractivity contribution in [2.45, 2.75) is 65.1 Å².